The van der Waals surface area contributed by atoms with Gasteiger partial charge in [-0.25, -0.2) is 12.8 Å². The molecule has 0 heterocycles. The summed E-state index contributed by atoms with van der Waals surface area (Å²) >= 11 is 0. The number of benzene rings is 3. The molecule has 1 atom stereocenters. The van der Waals surface area contributed by atoms with Gasteiger partial charge in [-0.1, -0.05) is 18.2 Å². The van der Waals surface area contributed by atoms with Crippen LogP contribution in [0.5, 0.6) is 17.2 Å². The maximum absolute atomic E-state index is 14.6. The highest BCUT2D eigenvalue weighted by molar-refractivity contribution is 7.92. The van der Waals surface area contributed by atoms with Crippen molar-refractivity contribution in [1.29, 1.82) is 0 Å². The van der Waals surface area contributed by atoms with Crippen molar-refractivity contribution in [2.75, 3.05) is 38.7 Å². The van der Waals surface area contributed by atoms with Crippen LogP contribution < -0.4 is 23.8 Å². The van der Waals surface area contributed by atoms with Crippen molar-refractivity contribution < 1.29 is 36.6 Å². The monoisotopic (exact) mass is 587 g/mol. The van der Waals surface area contributed by atoms with Gasteiger partial charge in [0.1, 0.15) is 24.2 Å². The van der Waals surface area contributed by atoms with Gasteiger partial charge in [0.15, 0.2) is 11.5 Å². The molecule has 3 rings (SSSR count). The SMILES string of the molecule is CCOc1ccc(N(CC(=O)N(Cc2ccccc2F)C(C)C(=O)NC)S(=O)(=O)c2ccc(OC)c(OC)c2)cc1. The number of amides is 2. The van der Waals surface area contributed by atoms with E-state index in [4.69, 9.17) is 14.2 Å². The number of likely N-dealkylation sites (N-methyl/N-ethyl adjacent to an activating group) is 1. The van der Waals surface area contributed by atoms with Crippen LogP contribution in [-0.2, 0) is 26.2 Å². The van der Waals surface area contributed by atoms with Crippen LogP contribution in [0.15, 0.2) is 71.6 Å². The van der Waals surface area contributed by atoms with E-state index in [1.54, 1.807) is 18.2 Å². The van der Waals surface area contributed by atoms with E-state index in [0.29, 0.717) is 18.1 Å². The third-order valence-corrected chi connectivity index (χ3v) is 8.14. The third kappa shape index (κ3) is 7.26. The van der Waals surface area contributed by atoms with Gasteiger partial charge in [0.2, 0.25) is 11.8 Å². The molecule has 0 aromatic heterocycles. The quantitative estimate of drug-likeness (QED) is 0.325. The fourth-order valence-corrected chi connectivity index (χ4v) is 5.54. The number of nitrogens with one attached hydrogen (secondary N) is 1. The number of carbonyl (C=O) groups is 2. The third-order valence-electron chi connectivity index (χ3n) is 6.37. The second kappa shape index (κ2) is 13.8. The van der Waals surface area contributed by atoms with Crippen molar-refractivity contribution in [3.05, 3.63) is 78.1 Å². The van der Waals surface area contributed by atoms with Gasteiger partial charge in [0, 0.05) is 25.2 Å². The Kier molecular flexibility index (Phi) is 10.5. The Morgan fingerprint density at radius 3 is 2.22 bits per heavy atom. The van der Waals surface area contributed by atoms with Crippen molar-refractivity contribution in [2.45, 2.75) is 31.3 Å². The molecule has 41 heavy (non-hydrogen) atoms. The van der Waals surface area contributed by atoms with Gasteiger partial charge in [0.05, 0.1) is 31.4 Å². The largest absolute Gasteiger partial charge is 0.494 e. The van der Waals surface area contributed by atoms with Crippen LogP contribution >= 0.6 is 0 Å². The number of hydrogen-bond donors (Lipinski definition) is 1. The Morgan fingerprint density at radius 2 is 1.63 bits per heavy atom. The fourth-order valence-electron chi connectivity index (χ4n) is 4.11. The van der Waals surface area contributed by atoms with E-state index in [9.17, 15) is 22.4 Å². The maximum Gasteiger partial charge on any atom is 0.264 e. The van der Waals surface area contributed by atoms with Crippen LogP contribution in [0.4, 0.5) is 10.1 Å². The molecular weight excluding hydrogens is 553 g/mol. The summed E-state index contributed by atoms with van der Waals surface area (Å²) in [5.74, 6) is -0.755. The van der Waals surface area contributed by atoms with Gasteiger partial charge >= 0.3 is 0 Å². The predicted molar refractivity (Wildman–Crippen MR) is 152 cm³/mol. The summed E-state index contributed by atoms with van der Waals surface area (Å²) in [5, 5.41) is 2.49. The molecule has 0 aliphatic rings. The number of halogens is 1. The second-order valence-corrected chi connectivity index (χ2v) is 10.7. The first-order chi connectivity index (χ1) is 19.6. The fraction of sp³-hybridized carbons (Fsp3) is 0.310. The first kappa shape index (κ1) is 31.2. The summed E-state index contributed by atoms with van der Waals surface area (Å²) in [6.45, 7) is 2.78. The van der Waals surface area contributed by atoms with Crippen LogP contribution in [-0.4, -0.2) is 65.6 Å². The lowest BCUT2D eigenvalue weighted by molar-refractivity contribution is -0.139. The lowest BCUT2D eigenvalue weighted by Gasteiger charge is -2.32. The van der Waals surface area contributed by atoms with E-state index in [2.05, 4.69) is 5.32 Å². The number of ether oxygens (including phenoxy) is 3. The normalized spacial score (nSPS) is 11.8. The molecule has 1 unspecified atom stereocenters. The zero-order valence-electron chi connectivity index (χ0n) is 23.6. The van der Waals surface area contributed by atoms with Crippen molar-refractivity contribution in [2.24, 2.45) is 0 Å². The van der Waals surface area contributed by atoms with Crippen LogP contribution in [0, 0.1) is 5.82 Å². The average Bonchev–Trinajstić information content (AvgIpc) is 2.98. The molecule has 10 nitrogen and oxygen atoms in total. The highest BCUT2D eigenvalue weighted by Crippen LogP contribution is 2.33. The number of carbonyl (C=O) groups excluding carboxylic acids is 2. The van der Waals surface area contributed by atoms with Gasteiger partial charge in [0.25, 0.3) is 10.0 Å². The standard InChI is InChI=1S/C29H34FN3O7S/c1-6-40-23-13-11-22(12-14-23)33(41(36,37)24-15-16-26(38-4)27(17-24)39-5)19-28(34)32(20(2)29(35)31-3)18-21-9-7-8-10-25(21)30/h7-17,20H,6,18-19H2,1-5H3,(H,31,35). The predicted octanol–water partition coefficient (Wildman–Crippen LogP) is 3.60. The Hall–Kier alpha value is -4.32. The molecular formula is C29H34FN3O7S. The molecule has 220 valence electrons. The number of hydrogen-bond acceptors (Lipinski definition) is 7. The number of nitrogens with zero attached hydrogens (tertiary/aromatic N) is 2. The number of rotatable bonds is 13. The molecule has 2 amide bonds. The van der Waals surface area contributed by atoms with Gasteiger partial charge < -0.3 is 24.4 Å². The Morgan fingerprint density at radius 1 is 0.976 bits per heavy atom. The van der Waals surface area contributed by atoms with E-state index in [0.717, 1.165) is 9.21 Å². The number of anilines is 1. The molecule has 0 spiro atoms. The molecule has 3 aromatic carbocycles. The Balaban J connectivity index is 2.09. The molecule has 3 aromatic rings. The smallest absolute Gasteiger partial charge is 0.264 e. The minimum atomic E-state index is -4.36. The molecule has 0 fully saturated rings. The minimum absolute atomic E-state index is 0.156. The topological polar surface area (TPSA) is 114 Å². The van der Waals surface area contributed by atoms with Gasteiger partial charge in [-0.2, -0.15) is 0 Å². The van der Waals surface area contributed by atoms with E-state index < -0.39 is 40.2 Å². The molecule has 0 aliphatic carbocycles. The number of methoxy groups -OCH3 is 2. The summed E-state index contributed by atoms with van der Waals surface area (Å²) in [6, 6.07) is 15.1. The molecule has 0 saturated carbocycles. The van der Waals surface area contributed by atoms with E-state index in [-0.39, 0.29) is 28.4 Å². The molecule has 0 saturated heterocycles. The second-order valence-electron chi connectivity index (χ2n) is 8.86. The van der Waals surface area contributed by atoms with Crippen LogP contribution in [0.1, 0.15) is 19.4 Å². The lowest BCUT2D eigenvalue weighted by atomic mass is 10.1. The molecule has 0 bridgehead atoms. The van der Waals surface area contributed by atoms with Crippen molar-refractivity contribution in [3.63, 3.8) is 0 Å². The average molecular weight is 588 g/mol. The minimum Gasteiger partial charge on any atom is -0.494 e. The first-order valence-electron chi connectivity index (χ1n) is 12.8. The summed E-state index contributed by atoms with van der Waals surface area (Å²) < 4.78 is 59.5. The van der Waals surface area contributed by atoms with Gasteiger partial charge in [-0.05, 0) is 56.3 Å². The Labute approximate surface area is 239 Å². The maximum atomic E-state index is 14.6. The van der Waals surface area contributed by atoms with Crippen molar-refractivity contribution in [3.8, 4) is 17.2 Å². The van der Waals surface area contributed by atoms with Gasteiger partial charge in [-0.3, -0.25) is 13.9 Å². The summed E-state index contributed by atoms with van der Waals surface area (Å²) in [7, 11) is -0.145. The van der Waals surface area contributed by atoms with Crippen LogP contribution in [0.3, 0.4) is 0 Å². The first-order valence-corrected chi connectivity index (χ1v) is 14.2. The van der Waals surface area contributed by atoms with Crippen molar-refractivity contribution in [1.82, 2.24) is 10.2 Å². The zero-order chi connectivity index (χ0) is 30.2. The van der Waals surface area contributed by atoms with Gasteiger partial charge in [-0.15, -0.1) is 0 Å². The van der Waals surface area contributed by atoms with E-state index in [1.807, 2.05) is 6.92 Å². The highest BCUT2D eigenvalue weighted by Gasteiger charge is 2.33. The van der Waals surface area contributed by atoms with Crippen molar-refractivity contribution >= 4 is 27.5 Å². The molecule has 12 heteroatoms. The number of sulfonamides is 1. The molecule has 1 N–H and O–H groups in total. The van der Waals surface area contributed by atoms with E-state index in [1.165, 1.54) is 76.7 Å². The lowest BCUT2D eigenvalue weighted by Crippen LogP contribution is -2.50. The highest BCUT2D eigenvalue weighted by atomic mass is 32.2. The summed E-state index contributed by atoms with van der Waals surface area (Å²) in [4.78, 5) is 27.4. The molecule has 0 radical (unpaired) electrons. The van der Waals surface area contributed by atoms with Crippen LogP contribution in [0.2, 0.25) is 0 Å². The van der Waals surface area contributed by atoms with Crippen LogP contribution in [0.25, 0.3) is 0 Å². The Bertz CT molecular complexity index is 1470. The summed E-state index contributed by atoms with van der Waals surface area (Å²) in [6.07, 6.45) is 0. The molecule has 0 aliphatic heterocycles. The summed E-state index contributed by atoms with van der Waals surface area (Å²) in [5.41, 5.74) is 0.349. The van der Waals surface area contributed by atoms with E-state index >= 15 is 0 Å². The zero-order valence-corrected chi connectivity index (χ0v) is 24.4.